The lowest BCUT2D eigenvalue weighted by atomic mass is 10.3. The van der Waals surface area contributed by atoms with Crippen LogP contribution in [0.5, 0.6) is 17.2 Å². The maximum Gasteiger partial charge on any atom is 0.127 e. The van der Waals surface area contributed by atoms with Crippen LogP contribution in [0.3, 0.4) is 0 Å². The van der Waals surface area contributed by atoms with E-state index in [1.165, 1.54) is 0 Å². The van der Waals surface area contributed by atoms with Crippen LogP contribution in [0.4, 0.5) is 0 Å². The average molecular weight is 246 g/mol. The first-order chi connectivity index (χ1) is 8.76. The van der Waals surface area contributed by atoms with Gasteiger partial charge in [0, 0.05) is 13.1 Å². The summed E-state index contributed by atoms with van der Waals surface area (Å²) in [4.78, 5) is 0. The topological polar surface area (TPSA) is 81.5 Å². The van der Waals surface area contributed by atoms with Gasteiger partial charge in [-0.15, -0.1) is 0 Å². The highest BCUT2D eigenvalue weighted by Gasteiger charge is 1.95. The molecule has 96 valence electrons. The molecular weight excluding hydrogens is 228 g/mol. The van der Waals surface area contributed by atoms with Crippen molar-refractivity contribution in [1.29, 1.82) is 0 Å². The Labute approximate surface area is 107 Å². The first-order valence-electron chi connectivity index (χ1n) is 5.68. The van der Waals surface area contributed by atoms with Crippen molar-refractivity contribution in [2.24, 2.45) is 11.5 Å². The fourth-order valence-corrected chi connectivity index (χ4v) is 1.14. The Morgan fingerprint density at radius 1 is 0.778 bits per heavy atom. The molecule has 4 heteroatoms. The molecule has 0 amide bonds. The molecule has 0 fully saturated rings. The second-order valence-corrected chi connectivity index (χ2v) is 3.49. The van der Waals surface area contributed by atoms with E-state index in [9.17, 15) is 0 Å². The number of para-hydroxylation sites is 1. The zero-order valence-electron chi connectivity index (χ0n) is 10.1. The number of phenolic OH excluding ortho intramolecular Hbond substituents is 1. The van der Waals surface area contributed by atoms with E-state index in [0.29, 0.717) is 18.8 Å². The highest BCUT2D eigenvalue weighted by Crippen LogP contribution is 2.22. The molecule has 2 rings (SSSR count). The van der Waals surface area contributed by atoms with Crippen LogP contribution in [0.15, 0.2) is 54.6 Å². The Hall–Kier alpha value is -2.04. The number of aromatic hydroxyl groups is 1. The Bertz CT molecular complexity index is 427. The van der Waals surface area contributed by atoms with Crippen LogP contribution in [-0.4, -0.2) is 18.2 Å². The van der Waals surface area contributed by atoms with Crippen LogP contribution in [0.2, 0.25) is 0 Å². The normalized spacial score (nSPS) is 9.22. The van der Waals surface area contributed by atoms with Gasteiger partial charge in [0.2, 0.25) is 0 Å². The molecule has 0 bridgehead atoms. The lowest BCUT2D eigenvalue weighted by Gasteiger charge is -2.04. The van der Waals surface area contributed by atoms with Crippen LogP contribution in [0, 0.1) is 0 Å². The highest BCUT2D eigenvalue weighted by atomic mass is 16.5. The summed E-state index contributed by atoms with van der Waals surface area (Å²) in [6.45, 7) is 1.19. The predicted molar refractivity (Wildman–Crippen MR) is 72.7 cm³/mol. The van der Waals surface area contributed by atoms with Crippen molar-refractivity contribution in [1.82, 2.24) is 0 Å². The van der Waals surface area contributed by atoms with Crippen LogP contribution >= 0.6 is 0 Å². The van der Waals surface area contributed by atoms with Gasteiger partial charge in [0.1, 0.15) is 17.2 Å². The van der Waals surface area contributed by atoms with E-state index in [1.54, 1.807) is 24.3 Å². The second kappa shape index (κ2) is 8.11. The first-order valence-corrected chi connectivity index (χ1v) is 5.68. The maximum absolute atomic E-state index is 9.07. The molecule has 0 saturated carbocycles. The quantitative estimate of drug-likeness (QED) is 0.774. The minimum Gasteiger partial charge on any atom is -0.508 e. The third kappa shape index (κ3) is 5.34. The second-order valence-electron chi connectivity index (χ2n) is 3.49. The van der Waals surface area contributed by atoms with E-state index < -0.39 is 0 Å². The molecule has 5 N–H and O–H groups in total. The molecule has 0 atom stereocenters. The van der Waals surface area contributed by atoms with Gasteiger partial charge in [0.05, 0.1) is 0 Å². The SMILES string of the molecule is NCCN.Oc1ccc(Oc2ccccc2)cc1. The number of hydrogen-bond acceptors (Lipinski definition) is 4. The fourth-order valence-electron chi connectivity index (χ4n) is 1.14. The molecular formula is C14H18N2O2. The van der Waals surface area contributed by atoms with Crippen LogP contribution < -0.4 is 16.2 Å². The minimum absolute atomic E-state index is 0.241. The molecule has 0 unspecified atom stereocenters. The van der Waals surface area contributed by atoms with Gasteiger partial charge < -0.3 is 21.3 Å². The van der Waals surface area contributed by atoms with Gasteiger partial charge in [0.15, 0.2) is 0 Å². The summed E-state index contributed by atoms with van der Waals surface area (Å²) in [5.41, 5.74) is 9.81. The van der Waals surface area contributed by atoms with Gasteiger partial charge in [-0.1, -0.05) is 18.2 Å². The number of rotatable bonds is 3. The zero-order chi connectivity index (χ0) is 13.2. The van der Waals surface area contributed by atoms with Crippen molar-refractivity contribution >= 4 is 0 Å². The van der Waals surface area contributed by atoms with Crippen molar-refractivity contribution in [3.05, 3.63) is 54.6 Å². The number of benzene rings is 2. The molecule has 4 nitrogen and oxygen atoms in total. The molecule has 2 aromatic rings. The van der Waals surface area contributed by atoms with Gasteiger partial charge >= 0.3 is 0 Å². The Morgan fingerprint density at radius 3 is 1.78 bits per heavy atom. The van der Waals surface area contributed by atoms with Crippen molar-refractivity contribution in [2.75, 3.05) is 13.1 Å². The Kier molecular flexibility index (Phi) is 6.32. The smallest absolute Gasteiger partial charge is 0.127 e. The van der Waals surface area contributed by atoms with Crippen LogP contribution in [-0.2, 0) is 0 Å². The van der Waals surface area contributed by atoms with E-state index in [4.69, 9.17) is 21.3 Å². The summed E-state index contributed by atoms with van der Waals surface area (Å²) in [6, 6.07) is 16.2. The van der Waals surface area contributed by atoms with Gasteiger partial charge in [-0.05, 0) is 36.4 Å². The molecule has 0 spiro atoms. The summed E-state index contributed by atoms with van der Waals surface area (Å²) in [6.07, 6.45) is 0. The van der Waals surface area contributed by atoms with E-state index >= 15 is 0 Å². The van der Waals surface area contributed by atoms with Crippen molar-refractivity contribution in [3.63, 3.8) is 0 Å². The van der Waals surface area contributed by atoms with Gasteiger partial charge in [-0.3, -0.25) is 0 Å². The molecule has 0 radical (unpaired) electrons. The third-order valence-corrected chi connectivity index (χ3v) is 1.98. The molecule has 0 aliphatic heterocycles. The van der Waals surface area contributed by atoms with Gasteiger partial charge in [-0.2, -0.15) is 0 Å². The zero-order valence-corrected chi connectivity index (χ0v) is 10.1. The number of nitrogens with two attached hydrogens (primary N) is 2. The van der Waals surface area contributed by atoms with E-state index in [2.05, 4.69) is 0 Å². The van der Waals surface area contributed by atoms with Crippen molar-refractivity contribution in [3.8, 4) is 17.2 Å². The largest absolute Gasteiger partial charge is 0.508 e. The fraction of sp³-hybridized carbons (Fsp3) is 0.143. The molecule has 2 aromatic carbocycles. The summed E-state index contributed by atoms with van der Waals surface area (Å²) >= 11 is 0. The lowest BCUT2D eigenvalue weighted by Crippen LogP contribution is -2.11. The maximum atomic E-state index is 9.07. The Balaban J connectivity index is 0.000000357. The van der Waals surface area contributed by atoms with E-state index in [1.807, 2.05) is 30.3 Å². The molecule has 0 aromatic heterocycles. The van der Waals surface area contributed by atoms with Gasteiger partial charge in [0.25, 0.3) is 0 Å². The average Bonchev–Trinajstić information content (AvgIpc) is 2.43. The summed E-state index contributed by atoms with van der Waals surface area (Å²) in [7, 11) is 0. The number of phenols is 1. The highest BCUT2D eigenvalue weighted by molar-refractivity contribution is 5.34. The monoisotopic (exact) mass is 246 g/mol. The van der Waals surface area contributed by atoms with Crippen molar-refractivity contribution < 1.29 is 9.84 Å². The van der Waals surface area contributed by atoms with Crippen LogP contribution in [0.25, 0.3) is 0 Å². The van der Waals surface area contributed by atoms with E-state index in [0.717, 1.165) is 5.75 Å². The molecule has 0 aliphatic rings. The summed E-state index contributed by atoms with van der Waals surface area (Å²) in [5, 5.41) is 9.07. The van der Waals surface area contributed by atoms with Crippen LogP contribution in [0.1, 0.15) is 0 Å². The van der Waals surface area contributed by atoms with E-state index in [-0.39, 0.29) is 5.75 Å². The molecule has 0 saturated heterocycles. The predicted octanol–water partition coefficient (Wildman–Crippen LogP) is 2.09. The Morgan fingerprint density at radius 2 is 1.28 bits per heavy atom. The standard InChI is InChI=1S/C12H10O2.C2H8N2/c13-10-6-8-12(9-7-10)14-11-4-2-1-3-5-11;3-1-2-4/h1-9,13H;1-4H2. The molecule has 0 aliphatic carbocycles. The summed E-state index contributed by atoms with van der Waals surface area (Å²) in [5.74, 6) is 1.75. The summed E-state index contributed by atoms with van der Waals surface area (Å²) < 4.78 is 5.52. The molecule has 0 heterocycles. The first kappa shape index (κ1) is 14.0. The van der Waals surface area contributed by atoms with Gasteiger partial charge in [-0.25, -0.2) is 0 Å². The molecule has 18 heavy (non-hydrogen) atoms. The van der Waals surface area contributed by atoms with Crippen molar-refractivity contribution in [2.45, 2.75) is 0 Å². The minimum atomic E-state index is 0.241. The number of ether oxygens (including phenoxy) is 1. The number of hydrogen-bond donors (Lipinski definition) is 3. The third-order valence-electron chi connectivity index (χ3n) is 1.98. The lowest BCUT2D eigenvalue weighted by molar-refractivity contribution is 0.464.